The minimum absolute atomic E-state index is 0.349. The summed E-state index contributed by atoms with van der Waals surface area (Å²) in [5, 5.41) is 0.957. The zero-order chi connectivity index (χ0) is 12.9. The van der Waals surface area contributed by atoms with Crippen molar-refractivity contribution in [3.63, 3.8) is 0 Å². The maximum atomic E-state index is 11.4. The highest BCUT2D eigenvalue weighted by molar-refractivity contribution is 5.85. The summed E-state index contributed by atoms with van der Waals surface area (Å²) in [6.45, 7) is 8.66. The van der Waals surface area contributed by atoms with E-state index in [9.17, 15) is 4.79 Å². The fourth-order valence-electron chi connectivity index (χ4n) is 1.24. The topological polar surface area (TPSA) is 38.8 Å². The molecule has 0 aromatic carbocycles. The van der Waals surface area contributed by atoms with Crippen molar-refractivity contribution in [3.05, 3.63) is 12.7 Å². The lowest BCUT2D eigenvalue weighted by atomic mass is 10.3. The Hall–Kier alpha value is -0.870. The molecule has 4 nitrogen and oxygen atoms in total. The number of nitrogens with zero attached hydrogens (tertiary/aromatic N) is 1. The molecule has 0 spiro atoms. The van der Waals surface area contributed by atoms with E-state index in [0.717, 1.165) is 43.8 Å². The van der Waals surface area contributed by atoms with Gasteiger partial charge < -0.3 is 0 Å². The first-order valence-corrected chi connectivity index (χ1v) is 6.48. The number of rotatable bonds is 11. The summed E-state index contributed by atoms with van der Waals surface area (Å²) in [7, 11) is 0. The van der Waals surface area contributed by atoms with Gasteiger partial charge in [-0.2, -0.15) is 0 Å². The molecule has 0 rings (SSSR count). The summed E-state index contributed by atoms with van der Waals surface area (Å²) in [6, 6.07) is 0. The van der Waals surface area contributed by atoms with Crippen LogP contribution in [0, 0.1) is 0 Å². The van der Waals surface area contributed by atoms with Gasteiger partial charge in [0.2, 0.25) is 0 Å². The van der Waals surface area contributed by atoms with Crippen LogP contribution >= 0.6 is 0 Å². The van der Waals surface area contributed by atoms with E-state index in [1.807, 2.05) is 0 Å². The van der Waals surface area contributed by atoms with Gasteiger partial charge in [-0.1, -0.05) is 51.3 Å². The molecule has 1 amide bonds. The van der Waals surface area contributed by atoms with Crippen LogP contribution in [-0.4, -0.2) is 24.3 Å². The summed E-state index contributed by atoms with van der Waals surface area (Å²) in [5.74, 6) is -0.349. The van der Waals surface area contributed by atoms with E-state index in [0.29, 0.717) is 13.2 Å². The van der Waals surface area contributed by atoms with Crippen molar-refractivity contribution in [2.24, 2.45) is 0 Å². The van der Waals surface area contributed by atoms with E-state index in [-0.39, 0.29) is 5.91 Å². The van der Waals surface area contributed by atoms with Crippen LogP contribution in [0.3, 0.4) is 0 Å². The monoisotopic (exact) mass is 243 g/mol. The molecule has 17 heavy (non-hydrogen) atoms. The van der Waals surface area contributed by atoms with Gasteiger partial charge in [-0.15, -0.1) is 0 Å². The van der Waals surface area contributed by atoms with Crippen LogP contribution in [0.5, 0.6) is 0 Å². The Kier molecular flexibility index (Phi) is 11.0. The van der Waals surface area contributed by atoms with Crippen LogP contribution in [0.1, 0.15) is 52.4 Å². The van der Waals surface area contributed by atoms with Gasteiger partial charge in [0.1, 0.15) is 0 Å². The number of carbonyl (C=O) groups excluding carboxylic acids is 1. The number of hydrogen-bond acceptors (Lipinski definition) is 3. The molecule has 0 aliphatic carbocycles. The van der Waals surface area contributed by atoms with E-state index in [1.165, 1.54) is 6.08 Å². The van der Waals surface area contributed by atoms with Gasteiger partial charge in [0, 0.05) is 6.08 Å². The number of carbonyl (C=O) groups is 1. The third kappa shape index (κ3) is 8.89. The molecule has 0 N–H and O–H groups in total. The van der Waals surface area contributed by atoms with Crippen molar-refractivity contribution in [1.29, 1.82) is 0 Å². The summed E-state index contributed by atoms with van der Waals surface area (Å²) in [4.78, 5) is 21.9. The first-order chi connectivity index (χ1) is 8.26. The summed E-state index contributed by atoms with van der Waals surface area (Å²) in [5.41, 5.74) is 0. The van der Waals surface area contributed by atoms with Crippen LogP contribution < -0.4 is 0 Å². The van der Waals surface area contributed by atoms with Crippen molar-refractivity contribution in [1.82, 2.24) is 5.23 Å². The smallest absolute Gasteiger partial charge is 0.265 e. The Balaban J connectivity index is 3.80. The van der Waals surface area contributed by atoms with Crippen molar-refractivity contribution in [3.8, 4) is 0 Å². The Bertz CT molecular complexity index is 195. The second-order valence-electron chi connectivity index (χ2n) is 3.88. The largest absolute Gasteiger partial charge is 0.296 e. The highest BCUT2D eigenvalue weighted by Crippen LogP contribution is 2.02. The van der Waals surface area contributed by atoms with Crippen molar-refractivity contribution in [2.45, 2.75) is 52.4 Å². The molecule has 0 aliphatic rings. The Morgan fingerprint density at radius 2 is 1.53 bits per heavy atom. The zero-order valence-electron chi connectivity index (χ0n) is 11.1. The van der Waals surface area contributed by atoms with Gasteiger partial charge in [-0.25, -0.2) is 9.68 Å². The van der Waals surface area contributed by atoms with Crippen LogP contribution in [0.25, 0.3) is 0 Å². The first-order valence-electron chi connectivity index (χ1n) is 6.48. The van der Waals surface area contributed by atoms with Gasteiger partial charge in [0.25, 0.3) is 5.91 Å². The van der Waals surface area contributed by atoms with E-state index in [2.05, 4.69) is 20.4 Å². The maximum Gasteiger partial charge on any atom is 0.296 e. The molecule has 0 saturated carbocycles. The summed E-state index contributed by atoms with van der Waals surface area (Å²) < 4.78 is 0. The second kappa shape index (κ2) is 11.6. The third-order valence-electron chi connectivity index (χ3n) is 2.27. The molecule has 0 aliphatic heterocycles. The second-order valence-corrected chi connectivity index (χ2v) is 3.88. The molecule has 100 valence electrons. The summed E-state index contributed by atoms with van der Waals surface area (Å²) >= 11 is 0. The standard InChI is InChI=1S/C13H25NO3/c1-4-7-9-11-16-14(13(15)6-3)17-12-10-8-5-2/h6H,3-5,7-12H2,1-2H3. The third-order valence-corrected chi connectivity index (χ3v) is 2.27. The Labute approximate surface area is 104 Å². The van der Waals surface area contributed by atoms with E-state index < -0.39 is 0 Å². The molecule has 0 radical (unpaired) electrons. The van der Waals surface area contributed by atoms with Crippen LogP contribution in [0.2, 0.25) is 0 Å². The molecular weight excluding hydrogens is 218 g/mol. The minimum Gasteiger partial charge on any atom is -0.265 e. The molecule has 0 atom stereocenters. The van der Waals surface area contributed by atoms with E-state index in [1.54, 1.807) is 0 Å². The molecule has 4 heteroatoms. The van der Waals surface area contributed by atoms with Gasteiger partial charge in [0.05, 0.1) is 13.2 Å². The average molecular weight is 243 g/mol. The Morgan fingerprint density at radius 3 is 1.88 bits per heavy atom. The fourth-order valence-corrected chi connectivity index (χ4v) is 1.24. The van der Waals surface area contributed by atoms with E-state index >= 15 is 0 Å². The SMILES string of the molecule is C=CC(=O)N(OCCCCC)OCCCCC. The van der Waals surface area contributed by atoms with Crippen molar-refractivity contribution < 1.29 is 14.5 Å². The zero-order valence-corrected chi connectivity index (χ0v) is 11.1. The lowest BCUT2D eigenvalue weighted by molar-refractivity contribution is -0.339. The quantitative estimate of drug-likeness (QED) is 0.318. The predicted molar refractivity (Wildman–Crippen MR) is 68.0 cm³/mol. The molecule has 0 heterocycles. The minimum atomic E-state index is -0.349. The van der Waals surface area contributed by atoms with Crippen molar-refractivity contribution in [2.75, 3.05) is 13.2 Å². The molecule has 0 saturated heterocycles. The normalized spacial score (nSPS) is 10.2. The van der Waals surface area contributed by atoms with Crippen LogP contribution in [0.4, 0.5) is 0 Å². The van der Waals surface area contributed by atoms with Gasteiger partial charge >= 0.3 is 0 Å². The molecule has 0 aromatic heterocycles. The molecule has 0 aromatic rings. The first kappa shape index (κ1) is 16.1. The lowest BCUT2D eigenvalue weighted by Gasteiger charge is -2.19. The maximum absolute atomic E-state index is 11.4. The van der Waals surface area contributed by atoms with Gasteiger partial charge in [0.15, 0.2) is 0 Å². The molecular formula is C13H25NO3. The predicted octanol–water partition coefficient (Wildman–Crippen LogP) is 3.24. The molecule has 0 bridgehead atoms. The highest BCUT2D eigenvalue weighted by Gasteiger charge is 2.11. The fraction of sp³-hybridized carbons (Fsp3) is 0.769. The lowest BCUT2D eigenvalue weighted by Crippen LogP contribution is -2.30. The Morgan fingerprint density at radius 1 is 1.06 bits per heavy atom. The van der Waals surface area contributed by atoms with Gasteiger partial charge in [-0.3, -0.25) is 4.79 Å². The van der Waals surface area contributed by atoms with Crippen LogP contribution in [0.15, 0.2) is 12.7 Å². The van der Waals surface area contributed by atoms with Crippen LogP contribution in [-0.2, 0) is 14.5 Å². The number of hydroxylamine groups is 2. The number of hydrogen-bond donors (Lipinski definition) is 0. The number of amides is 1. The summed E-state index contributed by atoms with van der Waals surface area (Å²) in [6.07, 6.45) is 7.47. The highest BCUT2D eigenvalue weighted by atomic mass is 17.0. The average Bonchev–Trinajstić information content (AvgIpc) is 2.36. The number of unbranched alkanes of at least 4 members (excludes halogenated alkanes) is 4. The van der Waals surface area contributed by atoms with Gasteiger partial charge in [-0.05, 0) is 12.8 Å². The molecule has 0 unspecified atom stereocenters. The molecule has 0 fully saturated rings. The van der Waals surface area contributed by atoms with E-state index in [4.69, 9.17) is 9.68 Å². The van der Waals surface area contributed by atoms with Crippen molar-refractivity contribution >= 4 is 5.91 Å².